The number of halogens is 1. The van der Waals surface area contributed by atoms with E-state index in [9.17, 15) is 4.39 Å². The van der Waals surface area contributed by atoms with Crippen LogP contribution in [-0.4, -0.2) is 28.4 Å². The molecule has 5 heteroatoms. The van der Waals surface area contributed by atoms with Crippen LogP contribution >= 0.6 is 0 Å². The summed E-state index contributed by atoms with van der Waals surface area (Å²) in [5.41, 5.74) is -0.167. The Morgan fingerprint density at radius 2 is 2.18 bits per heavy atom. The molecule has 0 heterocycles. The second kappa shape index (κ2) is 3.17. The van der Waals surface area contributed by atoms with Crippen LogP contribution in [0.1, 0.15) is 6.42 Å². The minimum atomic E-state index is -1.81. The third-order valence-corrected chi connectivity index (χ3v) is 1.51. The van der Waals surface area contributed by atoms with Gasteiger partial charge in [0.1, 0.15) is 5.83 Å². The maximum Gasteiger partial charge on any atom is 0.487 e. The van der Waals surface area contributed by atoms with E-state index in [1.54, 1.807) is 0 Å². The van der Waals surface area contributed by atoms with Crippen molar-refractivity contribution in [2.45, 2.75) is 12.5 Å². The number of hydrogen-bond donors (Lipinski definition) is 3. The zero-order valence-corrected chi connectivity index (χ0v) is 5.74. The first-order valence-electron chi connectivity index (χ1n) is 3.22. The number of aliphatic hydroxyl groups excluding tert-OH is 1. The third-order valence-electron chi connectivity index (χ3n) is 1.51. The summed E-state index contributed by atoms with van der Waals surface area (Å²) >= 11 is 0. The lowest BCUT2D eigenvalue weighted by Gasteiger charge is -2.13. The second-order valence-corrected chi connectivity index (χ2v) is 2.38. The standard InChI is InChI=1S/C6H8BFO3/c8-6-2-1-4(9)3-5(6)7(10)11/h1-2,4,9-11H,3H2. The van der Waals surface area contributed by atoms with Gasteiger partial charge in [-0.1, -0.05) is 6.08 Å². The highest BCUT2D eigenvalue weighted by Gasteiger charge is 2.23. The first kappa shape index (κ1) is 8.45. The Kier molecular flexibility index (Phi) is 2.43. The molecule has 0 aliphatic heterocycles. The molecule has 0 fully saturated rings. The van der Waals surface area contributed by atoms with Crippen molar-refractivity contribution in [2.75, 3.05) is 0 Å². The minimum Gasteiger partial charge on any atom is -0.423 e. The number of allylic oxidation sites excluding steroid dienone is 2. The fourth-order valence-corrected chi connectivity index (χ4v) is 0.922. The van der Waals surface area contributed by atoms with E-state index in [4.69, 9.17) is 15.2 Å². The molecule has 1 unspecified atom stereocenters. The van der Waals surface area contributed by atoms with Crippen molar-refractivity contribution < 1.29 is 19.5 Å². The van der Waals surface area contributed by atoms with Crippen LogP contribution in [0, 0.1) is 0 Å². The van der Waals surface area contributed by atoms with Gasteiger partial charge in [-0.15, -0.1) is 0 Å². The molecule has 11 heavy (non-hydrogen) atoms. The molecule has 1 aliphatic rings. The van der Waals surface area contributed by atoms with Crippen molar-refractivity contribution in [3.63, 3.8) is 0 Å². The summed E-state index contributed by atoms with van der Waals surface area (Å²) in [5, 5.41) is 26.1. The second-order valence-electron chi connectivity index (χ2n) is 2.38. The smallest absolute Gasteiger partial charge is 0.423 e. The summed E-state index contributed by atoms with van der Waals surface area (Å²) in [6.07, 6.45) is 1.43. The predicted octanol–water partition coefficient (Wildman–Crippen LogP) is -0.457. The summed E-state index contributed by atoms with van der Waals surface area (Å²) in [4.78, 5) is 0. The van der Waals surface area contributed by atoms with Crippen molar-refractivity contribution in [1.82, 2.24) is 0 Å². The molecular weight excluding hydrogens is 150 g/mol. The normalized spacial score (nSPS) is 24.2. The summed E-state index contributed by atoms with van der Waals surface area (Å²) in [5.74, 6) is -0.676. The van der Waals surface area contributed by atoms with Gasteiger partial charge in [-0.2, -0.15) is 0 Å². The van der Waals surface area contributed by atoms with Crippen molar-refractivity contribution >= 4 is 7.12 Å². The fourth-order valence-electron chi connectivity index (χ4n) is 0.922. The van der Waals surface area contributed by atoms with Crippen LogP contribution in [0.4, 0.5) is 4.39 Å². The van der Waals surface area contributed by atoms with Crippen LogP contribution in [0.3, 0.4) is 0 Å². The van der Waals surface area contributed by atoms with E-state index in [-0.39, 0.29) is 11.9 Å². The Labute approximate surface area is 63.6 Å². The van der Waals surface area contributed by atoms with Gasteiger partial charge in [0.2, 0.25) is 0 Å². The van der Waals surface area contributed by atoms with E-state index in [0.717, 1.165) is 6.08 Å². The monoisotopic (exact) mass is 158 g/mol. The molecule has 1 aliphatic carbocycles. The van der Waals surface area contributed by atoms with E-state index in [1.165, 1.54) is 6.08 Å². The van der Waals surface area contributed by atoms with Crippen molar-refractivity contribution in [2.24, 2.45) is 0 Å². The summed E-state index contributed by atoms with van der Waals surface area (Å²) in [6, 6.07) is 0. The third kappa shape index (κ3) is 1.89. The molecule has 0 radical (unpaired) electrons. The molecule has 0 aromatic heterocycles. The molecule has 3 nitrogen and oxygen atoms in total. The fraction of sp³-hybridized carbons (Fsp3) is 0.333. The van der Waals surface area contributed by atoms with E-state index < -0.39 is 19.0 Å². The van der Waals surface area contributed by atoms with Gasteiger partial charge in [-0.05, 0) is 18.0 Å². The van der Waals surface area contributed by atoms with Gasteiger partial charge in [0, 0.05) is 0 Å². The lowest BCUT2D eigenvalue weighted by molar-refractivity contribution is 0.219. The Morgan fingerprint density at radius 1 is 1.55 bits per heavy atom. The van der Waals surface area contributed by atoms with Crippen molar-refractivity contribution in [1.29, 1.82) is 0 Å². The number of hydrogen-bond acceptors (Lipinski definition) is 3. The Bertz CT molecular complexity index is 212. The largest absolute Gasteiger partial charge is 0.487 e. The number of rotatable bonds is 1. The highest BCUT2D eigenvalue weighted by molar-refractivity contribution is 6.51. The van der Waals surface area contributed by atoms with E-state index in [0.29, 0.717) is 0 Å². The summed E-state index contributed by atoms with van der Waals surface area (Å²) < 4.78 is 12.6. The minimum absolute atomic E-state index is 0.0556. The first-order valence-corrected chi connectivity index (χ1v) is 3.22. The van der Waals surface area contributed by atoms with Crippen LogP contribution in [0.5, 0.6) is 0 Å². The van der Waals surface area contributed by atoms with Gasteiger partial charge in [0.05, 0.1) is 6.10 Å². The Balaban J connectivity index is 2.81. The van der Waals surface area contributed by atoms with Gasteiger partial charge in [0.25, 0.3) is 0 Å². The van der Waals surface area contributed by atoms with Gasteiger partial charge in [-0.25, -0.2) is 4.39 Å². The molecule has 1 rings (SSSR count). The molecule has 0 spiro atoms. The average molecular weight is 158 g/mol. The molecule has 0 amide bonds. The molecule has 0 aromatic carbocycles. The predicted molar refractivity (Wildman–Crippen MR) is 38.1 cm³/mol. The lowest BCUT2D eigenvalue weighted by Crippen LogP contribution is -2.22. The van der Waals surface area contributed by atoms with Gasteiger partial charge in [-0.3, -0.25) is 0 Å². The van der Waals surface area contributed by atoms with Gasteiger partial charge >= 0.3 is 7.12 Å². The van der Waals surface area contributed by atoms with E-state index in [2.05, 4.69) is 0 Å². The number of aliphatic hydroxyl groups is 1. The summed E-state index contributed by atoms with van der Waals surface area (Å²) in [6.45, 7) is 0. The zero-order valence-electron chi connectivity index (χ0n) is 5.74. The molecule has 0 bridgehead atoms. The SMILES string of the molecule is OB(O)C1=C(F)C=CC(O)C1. The van der Waals surface area contributed by atoms with Gasteiger partial charge < -0.3 is 15.2 Å². The van der Waals surface area contributed by atoms with Crippen molar-refractivity contribution in [3.05, 3.63) is 23.5 Å². The quantitative estimate of drug-likeness (QED) is 0.452. The van der Waals surface area contributed by atoms with Gasteiger partial charge in [0.15, 0.2) is 0 Å². The van der Waals surface area contributed by atoms with Crippen LogP contribution in [0.15, 0.2) is 23.5 Å². The lowest BCUT2D eigenvalue weighted by atomic mass is 9.74. The maximum atomic E-state index is 12.6. The van der Waals surface area contributed by atoms with Crippen LogP contribution in [0.25, 0.3) is 0 Å². The van der Waals surface area contributed by atoms with Crippen LogP contribution < -0.4 is 0 Å². The molecule has 1 atom stereocenters. The zero-order chi connectivity index (χ0) is 8.43. The van der Waals surface area contributed by atoms with E-state index >= 15 is 0 Å². The highest BCUT2D eigenvalue weighted by atomic mass is 19.1. The molecule has 0 aromatic rings. The topological polar surface area (TPSA) is 60.7 Å². The summed E-state index contributed by atoms with van der Waals surface area (Å²) in [7, 11) is -1.81. The first-order chi connectivity index (χ1) is 5.11. The molecule has 60 valence electrons. The molecule has 0 saturated heterocycles. The van der Waals surface area contributed by atoms with E-state index in [1.807, 2.05) is 0 Å². The Hall–Kier alpha value is -0.645. The molecular formula is C6H8BFO3. The maximum absolute atomic E-state index is 12.6. The Morgan fingerprint density at radius 3 is 2.64 bits per heavy atom. The molecule has 0 saturated carbocycles. The van der Waals surface area contributed by atoms with Crippen LogP contribution in [0.2, 0.25) is 0 Å². The highest BCUT2D eigenvalue weighted by Crippen LogP contribution is 2.20. The van der Waals surface area contributed by atoms with Crippen molar-refractivity contribution in [3.8, 4) is 0 Å². The average Bonchev–Trinajstić information content (AvgIpc) is 1.94. The van der Waals surface area contributed by atoms with Crippen LogP contribution in [-0.2, 0) is 0 Å². The molecule has 3 N–H and O–H groups in total.